The van der Waals surface area contributed by atoms with Crippen molar-refractivity contribution in [1.29, 1.82) is 0 Å². The molecule has 0 amide bonds. The summed E-state index contributed by atoms with van der Waals surface area (Å²) in [5.74, 6) is 0. The molecular formula is C5H5FN2O4. The Kier molecular flexibility index (Phi) is 1.82. The van der Waals surface area contributed by atoms with Crippen molar-refractivity contribution in [1.82, 2.24) is 9.55 Å². The Bertz CT molecular complexity index is 387. The quantitative estimate of drug-likeness (QED) is 0.434. The molecule has 0 aliphatic carbocycles. The molecule has 3 N–H and O–H groups in total. The van der Waals surface area contributed by atoms with E-state index in [1.54, 1.807) is 4.98 Å². The minimum absolute atomic E-state index is 0.0750. The molecule has 0 radical (unpaired) electrons. The van der Waals surface area contributed by atoms with Crippen LogP contribution < -0.4 is 11.2 Å². The minimum Gasteiger partial charge on any atom is -0.321 e. The Morgan fingerprint density at radius 1 is 1.50 bits per heavy atom. The molecule has 0 saturated heterocycles. The number of nitrogens with one attached hydrogen (secondary N) is 1. The predicted octanol–water partition coefficient (Wildman–Crippen LogP) is -1.94. The maximum Gasteiger partial charge on any atom is 0.415 e. The van der Waals surface area contributed by atoms with Crippen LogP contribution in [0.1, 0.15) is 0 Å². The van der Waals surface area contributed by atoms with E-state index in [0.29, 0.717) is 6.20 Å². The number of halogens is 1. The van der Waals surface area contributed by atoms with E-state index in [1.165, 1.54) is 0 Å². The number of aromatic nitrogens is 2. The van der Waals surface area contributed by atoms with Gasteiger partial charge in [0.15, 0.2) is 0 Å². The molecule has 0 fully saturated rings. The van der Waals surface area contributed by atoms with Crippen LogP contribution in [0.15, 0.2) is 21.9 Å². The van der Waals surface area contributed by atoms with Gasteiger partial charge in [0.05, 0.1) is 0 Å². The highest BCUT2D eigenvalue weighted by Crippen LogP contribution is 2.03. The largest absolute Gasteiger partial charge is 0.415 e. The lowest BCUT2D eigenvalue weighted by Gasteiger charge is -2.12. The van der Waals surface area contributed by atoms with Crippen LogP contribution in [0.5, 0.6) is 0 Å². The third kappa shape index (κ3) is 1.57. The molecule has 7 heteroatoms. The Labute approximate surface area is 64.5 Å². The SMILES string of the molecule is O=c1ccn(C(O)(O)F)c(=O)[nH]1. The number of aromatic amines is 1. The highest BCUT2D eigenvalue weighted by molar-refractivity contribution is 4.83. The summed E-state index contributed by atoms with van der Waals surface area (Å²) in [6, 6.07) is 0.780. The van der Waals surface area contributed by atoms with Crippen LogP contribution in [-0.2, 0) is 6.16 Å². The molecule has 6 nitrogen and oxygen atoms in total. The van der Waals surface area contributed by atoms with Gasteiger partial charge in [0.2, 0.25) is 0 Å². The van der Waals surface area contributed by atoms with Crippen molar-refractivity contribution in [2.24, 2.45) is 0 Å². The number of nitrogens with zero attached hydrogens (tertiary/aromatic N) is 1. The van der Waals surface area contributed by atoms with E-state index in [2.05, 4.69) is 0 Å². The van der Waals surface area contributed by atoms with Gasteiger partial charge in [-0.2, -0.15) is 4.39 Å². The Balaban J connectivity index is 3.39. The second-order valence-electron chi connectivity index (χ2n) is 2.03. The number of hydrogen-bond acceptors (Lipinski definition) is 4. The summed E-state index contributed by atoms with van der Waals surface area (Å²) in [6.07, 6.45) is -3.16. The van der Waals surface area contributed by atoms with Crippen LogP contribution >= 0.6 is 0 Å². The smallest absolute Gasteiger partial charge is 0.321 e. The van der Waals surface area contributed by atoms with Crippen LogP contribution in [0, 0.1) is 0 Å². The topological polar surface area (TPSA) is 95.3 Å². The first-order valence-electron chi connectivity index (χ1n) is 2.87. The molecule has 0 atom stereocenters. The van der Waals surface area contributed by atoms with Crippen molar-refractivity contribution in [3.05, 3.63) is 33.1 Å². The second kappa shape index (κ2) is 2.54. The van der Waals surface area contributed by atoms with Crippen molar-refractivity contribution in [3.63, 3.8) is 0 Å². The monoisotopic (exact) mass is 176 g/mol. The van der Waals surface area contributed by atoms with Gasteiger partial charge in [0.1, 0.15) is 0 Å². The minimum atomic E-state index is -3.79. The fourth-order valence-electron chi connectivity index (χ4n) is 0.641. The highest BCUT2D eigenvalue weighted by Gasteiger charge is 2.25. The molecule has 12 heavy (non-hydrogen) atoms. The molecule has 0 aromatic carbocycles. The van der Waals surface area contributed by atoms with Crippen molar-refractivity contribution < 1.29 is 14.6 Å². The van der Waals surface area contributed by atoms with Crippen LogP contribution in [0.3, 0.4) is 0 Å². The number of H-pyrrole nitrogens is 1. The zero-order chi connectivity index (χ0) is 9.35. The molecule has 0 aliphatic heterocycles. The van der Waals surface area contributed by atoms with Gasteiger partial charge in [-0.05, 0) is 0 Å². The number of rotatable bonds is 1. The Morgan fingerprint density at radius 3 is 2.50 bits per heavy atom. The van der Waals surface area contributed by atoms with E-state index in [-0.39, 0.29) is 4.57 Å². The summed E-state index contributed by atoms with van der Waals surface area (Å²) >= 11 is 0. The van der Waals surface area contributed by atoms with Crippen molar-refractivity contribution in [3.8, 4) is 0 Å². The van der Waals surface area contributed by atoms with E-state index in [4.69, 9.17) is 10.2 Å². The summed E-state index contributed by atoms with van der Waals surface area (Å²) in [7, 11) is 0. The standard InChI is InChI=1S/C5H5FN2O4/c6-5(11,12)8-2-1-3(9)7-4(8)10/h1-2,11-12H,(H,7,9,10). The third-order valence-electron chi connectivity index (χ3n) is 1.13. The normalized spacial score (nSPS) is 11.6. The van der Waals surface area contributed by atoms with Gasteiger partial charge in [-0.15, -0.1) is 0 Å². The summed E-state index contributed by atoms with van der Waals surface area (Å²) in [4.78, 5) is 22.7. The highest BCUT2D eigenvalue weighted by atomic mass is 19.2. The summed E-state index contributed by atoms with van der Waals surface area (Å²) in [5, 5.41) is 16.6. The van der Waals surface area contributed by atoms with Crippen molar-refractivity contribution in [2.75, 3.05) is 0 Å². The third-order valence-corrected chi connectivity index (χ3v) is 1.13. The second-order valence-corrected chi connectivity index (χ2v) is 2.03. The van der Waals surface area contributed by atoms with Crippen molar-refractivity contribution >= 4 is 0 Å². The molecule has 0 saturated carbocycles. The van der Waals surface area contributed by atoms with Gasteiger partial charge in [-0.1, -0.05) is 0 Å². The molecule has 0 bridgehead atoms. The molecule has 0 aliphatic rings. The lowest BCUT2D eigenvalue weighted by atomic mass is 10.6. The van der Waals surface area contributed by atoms with Gasteiger partial charge in [-0.3, -0.25) is 9.78 Å². The summed E-state index contributed by atoms with van der Waals surface area (Å²) in [5.41, 5.74) is -1.99. The number of hydrogen-bond donors (Lipinski definition) is 3. The molecule has 0 unspecified atom stereocenters. The maximum atomic E-state index is 12.3. The van der Waals surface area contributed by atoms with E-state index < -0.39 is 17.4 Å². The number of aliphatic hydroxyl groups is 2. The van der Waals surface area contributed by atoms with Crippen LogP contribution in [0.4, 0.5) is 4.39 Å². The first kappa shape index (κ1) is 8.62. The lowest BCUT2D eigenvalue weighted by Crippen LogP contribution is -2.40. The van der Waals surface area contributed by atoms with Crippen LogP contribution in [0.25, 0.3) is 0 Å². The molecule has 66 valence electrons. The predicted molar refractivity (Wildman–Crippen MR) is 34.8 cm³/mol. The van der Waals surface area contributed by atoms with Crippen LogP contribution in [0.2, 0.25) is 0 Å². The van der Waals surface area contributed by atoms with Crippen molar-refractivity contribution in [2.45, 2.75) is 6.16 Å². The Hall–Kier alpha value is -1.47. The van der Waals surface area contributed by atoms with Gasteiger partial charge >= 0.3 is 11.9 Å². The number of alkyl halides is 1. The lowest BCUT2D eigenvalue weighted by molar-refractivity contribution is -0.327. The van der Waals surface area contributed by atoms with E-state index in [1.807, 2.05) is 0 Å². The molecule has 1 aromatic rings. The first-order chi connectivity index (χ1) is 5.41. The average molecular weight is 176 g/mol. The summed E-state index contributed by atoms with van der Waals surface area (Å²) in [6.45, 7) is 0. The maximum absolute atomic E-state index is 12.3. The van der Waals surface area contributed by atoms with E-state index in [9.17, 15) is 14.0 Å². The summed E-state index contributed by atoms with van der Waals surface area (Å²) < 4.78 is 12.2. The molecule has 1 heterocycles. The zero-order valence-corrected chi connectivity index (χ0v) is 5.69. The van der Waals surface area contributed by atoms with E-state index in [0.717, 1.165) is 6.07 Å². The fourth-order valence-corrected chi connectivity index (χ4v) is 0.641. The van der Waals surface area contributed by atoms with Gasteiger partial charge < -0.3 is 10.2 Å². The molecule has 1 rings (SSSR count). The van der Waals surface area contributed by atoms with Gasteiger partial charge in [-0.25, -0.2) is 9.36 Å². The average Bonchev–Trinajstić information content (AvgIpc) is 1.83. The van der Waals surface area contributed by atoms with Gasteiger partial charge in [0, 0.05) is 12.3 Å². The zero-order valence-electron chi connectivity index (χ0n) is 5.69. The van der Waals surface area contributed by atoms with Gasteiger partial charge in [0.25, 0.3) is 5.56 Å². The first-order valence-corrected chi connectivity index (χ1v) is 2.87. The van der Waals surface area contributed by atoms with E-state index >= 15 is 0 Å². The van der Waals surface area contributed by atoms with Crippen LogP contribution in [-0.4, -0.2) is 19.8 Å². The molecule has 1 aromatic heterocycles. The fraction of sp³-hybridized carbons (Fsp3) is 0.200. The molecule has 0 spiro atoms. The molecular weight excluding hydrogens is 171 g/mol. The Morgan fingerprint density at radius 2 is 2.08 bits per heavy atom.